The van der Waals surface area contributed by atoms with E-state index in [0.717, 1.165) is 105 Å². The molecule has 0 atom stereocenters. The van der Waals surface area contributed by atoms with Crippen molar-refractivity contribution in [2.75, 3.05) is 9.80 Å². The first-order valence-corrected chi connectivity index (χ1v) is 20.3. The number of anilines is 6. The van der Waals surface area contributed by atoms with Gasteiger partial charge in [-0.15, -0.1) is 0 Å². The number of nitrogens with zero attached hydrogens (tertiary/aromatic N) is 2. The Balaban J connectivity index is 1.03. The molecule has 0 N–H and O–H groups in total. The summed E-state index contributed by atoms with van der Waals surface area (Å²) in [6.07, 6.45) is 0. The Morgan fingerprint density at radius 3 is 1.20 bits per heavy atom. The standard InChI is InChI=1S/C55H42N2O2/c1-33-10-6-14-42(22-33)56(43-15-7-11-34(2)23-43)46-20-18-38-28-48-49-32-53-54(37(5)55(49)59-51(48)30-40(38)26-46)50-29-39-19-21-47(27-41(39)31-52(50)58-53)57(44-16-8-12-35(3)24-44)45-17-9-13-36(4)25-45/h6-32H,1-5H3. The summed E-state index contributed by atoms with van der Waals surface area (Å²) in [5.41, 5.74) is 16.2. The molecule has 0 spiro atoms. The fourth-order valence-corrected chi connectivity index (χ4v) is 9.09. The Morgan fingerprint density at radius 1 is 0.322 bits per heavy atom. The van der Waals surface area contributed by atoms with Gasteiger partial charge in [-0.05, 0) is 182 Å². The molecule has 0 saturated heterocycles. The summed E-state index contributed by atoms with van der Waals surface area (Å²) < 4.78 is 13.5. The molecule has 0 aliphatic rings. The molecule has 11 rings (SSSR count). The zero-order chi connectivity index (χ0) is 39.9. The molecule has 4 heteroatoms. The molecular weight excluding hydrogens is 721 g/mol. The summed E-state index contributed by atoms with van der Waals surface area (Å²) in [5, 5.41) is 8.91. The van der Waals surface area contributed by atoms with Crippen molar-refractivity contribution >= 4 is 99.5 Å². The molecule has 0 aliphatic heterocycles. The predicted molar refractivity (Wildman–Crippen MR) is 249 cm³/mol. The summed E-state index contributed by atoms with van der Waals surface area (Å²) in [6.45, 7) is 10.7. The summed E-state index contributed by atoms with van der Waals surface area (Å²) in [7, 11) is 0. The lowest BCUT2D eigenvalue weighted by molar-refractivity contribution is 0.662. The zero-order valence-corrected chi connectivity index (χ0v) is 33.8. The van der Waals surface area contributed by atoms with Gasteiger partial charge in [-0.2, -0.15) is 0 Å². The van der Waals surface area contributed by atoms with Crippen LogP contribution >= 0.6 is 0 Å². The summed E-state index contributed by atoms with van der Waals surface area (Å²) in [4.78, 5) is 4.67. The fourth-order valence-electron chi connectivity index (χ4n) is 9.09. The largest absolute Gasteiger partial charge is 0.456 e. The molecule has 0 fully saturated rings. The fraction of sp³-hybridized carbons (Fsp3) is 0.0909. The summed E-state index contributed by atoms with van der Waals surface area (Å²) in [5.74, 6) is 0. The molecule has 4 nitrogen and oxygen atoms in total. The molecule has 0 aliphatic carbocycles. The number of benzene rings is 9. The Kier molecular flexibility index (Phi) is 7.92. The van der Waals surface area contributed by atoms with Crippen LogP contribution in [0.25, 0.3) is 65.4 Å². The highest BCUT2D eigenvalue weighted by Gasteiger charge is 2.21. The van der Waals surface area contributed by atoms with E-state index in [-0.39, 0.29) is 0 Å². The maximum absolute atomic E-state index is 6.79. The topological polar surface area (TPSA) is 32.8 Å². The van der Waals surface area contributed by atoms with E-state index in [1.807, 2.05) is 0 Å². The van der Waals surface area contributed by atoms with Crippen molar-refractivity contribution in [2.24, 2.45) is 0 Å². The van der Waals surface area contributed by atoms with Crippen molar-refractivity contribution in [3.8, 4) is 0 Å². The molecule has 2 heterocycles. The molecule has 0 bridgehead atoms. The van der Waals surface area contributed by atoms with Crippen LogP contribution in [0, 0.1) is 34.6 Å². The first-order chi connectivity index (χ1) is 28.7. The average molecular weight is 763 g/mol. The lowest BCUT2D eigenvalue weighted by Gasteiger charge is -2.26. The smallest absolute Gasteiger partial charge is 0.139 e. The number of hydrogen-bond acceptors (Lipinski definition) is 4. The molecule has 11 aromatic rings. The monoisotopic (exact) mass is 762 g/mol. The van der Waals surface area contributed by atoms with Gasteiger partial charge >= 0.3 is 0 Å². The highest BCUT2D eigenvalue weighted by Crippen LogP contribution is 2.44. The van der Waals surface area contributed by atoms with Gasteiger partial charge < -0.3 is 18.6 Å². The molecule has 9 aromatic carbocycles. The minimum absolute atomic E-state index is 0.867. The molecule has 0 saturated carbocycles. The van der Waals surface area contributed by atoms with Crippen LogP contribution in [-0.2, 0) is 0 Å². The van der Waals surface area contributed by atoms with E-state index in [2.05, 4.69) is 208 Å². The Morgan fingerprint density at radius 2 is 0.746 bits per heavy atom. The molecule has 59 heavy (non-hydrogen) atoms. The van der Waals surface area contributed by atoms with Crippen LogP contribution in [0.4, 0.5) is 34.1 Å². The molecule has 0 radical (unpaired) electrons. The lowest BCUT2D eigenvalue weighted by Crippen LogP contribution is -2.10. The molecule has 0 amide bonds. The zero-order valence-electron chi connectivity index (χ0n) is 33.8. The van der Waals surface area contributed by atoms with Gasteiger partial charge in [0.05, 0.1) is 0 Å². The quantitative estimate of drug-likeness (QED) is 0.169. The third kappa shape index (κ3) is 5.90. The van der Waals surface area contributed by atoms with Crippen LogP contribution in [0.5, 0.6) is 0 Å². The normalized spacial score (nSPS) is 11.8. The van der Waals surface area contributed by atoms with Crippen molar-refractivity contribution in [3.63, 3.8) is 0 Å². The van der Waals surface area contributed by atoms with Crippen molar-refractivity contribution < 1.29 is 8.83 Å². The van der Waals surface area contributed by atoms with E-state index < -0.39 is 0 Å². The summed E-state index contributed by atoms with van der Waals surface area (Å²) >= 11 is 0. The van der Waals surface area contributed by atoms with E-state index >= 15 is 0 Å². The van der Waals surface area contributed by atoms with Crippen molar-refractivity contribution in [3.05, 3.63) is 192 Å². The molecular formula is C55H42N2O2. The van der Waals surface area contributed by atoms with Crippen LogP contribution in [0.2, 0.25) is 0 Å². The van der Waals surface area contributed by atoms with Gasteiger partial charge in [0.15, 0.2) is 0 Å². The van der Waals surface area contributed by atoms with Crippen LogP contribution in [-0.4, -0.2) is 0 Å². The van der Waals surface area contributed by atoms with E-state index in [9.17, 15) is 0 Å². The second kappa shape index (κ2) is 13.4. The number of fused-ring (bicyclic) bond motifs is 8. The van der Waals surface area contributed by atoms with Crippen LogP contribution in [0.3, 0.4) is 0 Å². The van der Waals surface area contributed by atoms with Crippen molar-refractivity contribution in [2.45, 2.75) is 34.6 Å². The van der Waals surface area contributed by atoms with Gasteiger partial charge in [-0.25, -0.2) is 0 Å². The number of furan rings is 2. The first-order valence-electron chi connectivity index (χ1n) is 20.3. The second-order valence-electron chi connectivity index (χ2n) is 16.2. The minimum Gasteiger partial charge on any atom is -0.456 e. The van der Waals surface area contributed by atoms with Gasteiger partial charge in [0, 0.05) is 61.2 Å². The number of hydrogen-bond donors (Lipinski definition) is 0. The number of aryl methyl sites for hydroxylation is 5. The Labute approximate surface area is 343 Å². The summed E-state index contributed by atoms with van der Waals surface area (Å²) in [6, 6.07) is 59.3. The average Bonchev–Trinajstić information content (AvgIpc) is 3.77. The Hall–Kier alpha value is -7.30. The molecule has 284 valence electrons. The van der Waals surface area contributed by atoms with Crippen LogP contribution < -0.4 is 9.80 Å². The highest BCUT2D eigenvalue weighted by molar-refractivity contribution is 6.20. The first kappa shape index (κ1) is 34.9. The van der Waals surface area contributed by atoms with Gasteiger partial charge in [0.25, 0.3) is 0 Å². The second-order valence-corrected chi connectivity index (χ2v) is 16.2. The van der Waals surface area contributed by atoms with Gasteiger partial charge in [-0.3, -0.25) is 0 Å². The third-order valence-corrected chi connectivity index (χ3v) is 11.9. The minimum atomic E-state index is 0.867. The van der Waals surface area contributed by atoms with Crippen molar-refractivity contribution in [1.29, 1.82) is 0 Å². The van der Waals surface area contributed by atoms with E-state index in [1.54, 1.807) is 0 Å². The van der Waals surface area contributed by atoms with E-state index in [1.165, 1.54) is 22.3 Å². The molecule has 0 unspecified atom stereocenters. The van der Waals surface area contributed by atoms with E-state index in [4.69, 9.17) is 8.83 Å². The highest BCUT2D eigenvalue weighted by atomic mass is 16.3. The van der Waals surface area contributed by atoms with Gasteiger partial charge in [-0.1, -0.05) is 60.7 Å². The SMILES string of the molecule is Cc1cccc(N(c2cccc(C)c2)c2ccc3cc4c(cc3c2)oc2c(C)c3c(cc24)oc2cc4cc(N(c5cccc(C)c5)c5cccc(C)c5)ccc4cc23)c1. The molecule has 2 aromatic heterocycles. The van der Waals surface area contributed by atoms with Crippen LogP contribution in [0.1, 0.15) is 27.8 Å². The van der Waals surface area contributed by atoms with Crippen molar-refractivity contribution in [1.82, 2.24) is 0 Å². The maximum atomic E-state index is 6.79. The lowest BCUT2D eigenvalue weighted by atomic mass is 10.00. The van der Waals surface area contributed by atoms with E-state index in [0.29, 0.717) is 0 Å². The van der Waals surface area contributed by atoms with Gasteiger partial charge in [0.2, 0.25) is 0 Å². The van der Waals surface area contributed by atoms with Crippen LogP contribution in [0.15, 0.2) is 173 Å². The van der Waals surface area contributed by atoms with Gasteiger partial charge in [0.1, 0.15) is 22.3 Å². The Bertz CT molecular complexity index is 3270. The maximum Gasteiger partial charge on any atom is 0.139 e. The predicted octanol–water partition coefficient (Wildman–Crippen LogP) is 16.3. The third-order valence-electron chi connectivity index (χ3n) is 11.9. The number of rotatable bonds is 6.